The quantitative estimate of drug-likeness (QED) is 0.704. The number of anilines is 3. The molecule has 2 aromatic carbocycles. The van der Waals surface area contributed by atoms with E-state index in [-0.39, 0.29) is 5.91 Å². The molecule has 6 heteroatoms. The van der Waals surface area contributed by atoms with E-state index in [9.17, 15) is 9.59 Å². The fraction of sp³-hybridized carbons (Fsp3) is 0.136. The maximum Gasteiger partial charge on any atom is 0.339 e. The fourth-order valence-electron chi connectivity index (χ4n) is 3.35. The summed E-state index contributed by atoms with van der Waals surface area (Å²) in [5, 5.41) is 3.18. The van der Waals surface area contributed by atoms with Crippen LogP contribution in [-0.4, -0.2) is 30.5 Å². The summed E-state index contributed by atoms with van der Waals surface area (Å²) < 4.78 is 4.83. The van der Waals surface area contributed by atoms with Crippen molar-refractivity contribution in [1.29, 1.82) is 0 Å². The van der Waals surface area contributed by atoms with E-state index >= 15 is 0 Å². The molecule has 1 aliphatic heterocycles. The Morgan fingerprint density at radius 3 is 2.71 bits per heavy atom. The molecule has 140 valence electrons. The summed E-state index contributed by atoms with van der Waals surface area (Å²) in [6.45, 7) is 0.642. The van der Waals surface area contributed by atoms with E-state index in [1.165, 1.54) is 7.11 Å². The van der Waals surface area contributed by atoms with Gasteiger partial charge in [0, 0.05) is 24.1 Å². The second kappa shape index (κ2) is 7.52. The van der Waals surface area contributed by atoms with Crippen LogP contribution < -0.4 is 10.2 Å². The fourth-order valence-corrected chi connectivity index (χ4v) is 3.35. The standard InChI is InChI=1S/C22H19N3O3/c1-28-22(27)17-7-3-4-8-18(17)24-16-10-12-23-19(14-16)21(26)25-13-11-15-6-2-5-9-20(15)25/h2-10,12,14H,11,13H2,1H3,(H,23,24). The normalized spacial score (nSPS) is 12.4. The molecule has 6 nitrogen and oxygen atoms in total. The number of methoxy groups -OCH3 is 1. The maximum absolute atomic E-state index is 13.0. The second-order valence-electron chi connectivity index (χ2n) is 6.43. The SMILES string of the molecule is COC(=O)c1ccccc1Nc1ccnc(C(=O)N2CCc3ccccc32)c1. The molecule has 2 heterocycles. The Hall–Kier alpha value is -3.67. The van der Waals surface area contributed by atoms with Crippen LogP contribution in [0, 0.1) is 0 Å². The average molecular weight is 373 g/mol. The van der Waals surface area contributed by atoms with Gasteiger partial charge in [0.1, 0.15) is 5.69 Å². The second-order valence-corrected chi connectivity index (χ2v) is 6.43. The van der Waals surface area contributed by atoms with Crippen molar-refractivity contribution in [3.8, 4) is 0 Å². The predicted molar refractivity (Wildman–Crippen MR) is 107 cm³/mol. The highest BCUT2D eigenvalue weighted by Crippen LogP contribution is 2.29. The number of fused-ring (bicyclic) bond motifs is 1. The van der Waals surface area contributed by atoms with Crippen LogP contribution in [-0.2, 0) is 11.2 Å². The number of pyridine rings is 1. The van der Waals surface area contributed by atoms with E-state index in [4.69, 9.17) is 4.74 Å². The number of para-hydroxylation sites is 2. The lowest BCUT2D eigenvalue weighted by molar-refractivity contribution is 0.0601. The van der Waals surface area contributed by atoms with E-state index in [1.807, 2.05) is 30.3 Å². The van der Waals surface area contributed by atoms with Gasteiger partial charge in [-0.05, 0) is 42.3 Å². The molecule has 0 saturated carbocycles. The Balaban J connectivity index is 1.60. The molecule has 0 radical (unpaired) electrons. The summed E-state index contributed by atoms with van der Waals surface area (Å²) in [7, 11) is 1.34. The van der Waals surface area contributed by atoms with Crippen LogP contribution in [0.5, 0.6) is 0 Å². The highest BCUT2D eigenvalue weighted by atomic mass is 16.5. The third kappa shape index (κ3) is 3.32. The molecule has 3 aromatic rings. The van der Waals surface area contributed by atoms with Gasteiger partial charge in [0.05, 0.1) is 18.4 Å². The van der Waals surface area contributed by atoms with Gasteiger partial charge in [-0.2, -0.15) is 0 Å². The molecular weight excluding hydrogens is 354 g/mol. The Kier molecular flexibility index (Phi) is 4.76. The van der Waals surface area contributed by atoms with Gasteiger partial charge in [0.15, 0.2) is 0 Å². The van der Waals surface area contributed by atoms with E-state index in [2.05, 4.69) is 10.3 Å². The minimum absolute atomic E-state index is 0.144. The van der Waals surface area contributed by atoms with Gasteiger partial charge in [-0.1, -0.05) is 30.3 Å². The highest BCUT2D eigenvalue weighted by Gasteiger charge is 2.26. The highest BCUT2D eigenvalue weighted by molar-refractivity contribution is 6.06. The lowest BCUT2D eigenvalue weighted by Crippen LogP contribution is -2.29. The summed E-state index contributed by atoms with van der Waals surface area (Å²) in [5.74, 6) is -0.572. The molecular formula is C22H19N3O3. The lowest BCUT2D eigenvalue weighted by Gasteiger charge is -2.17. The van der Waals surface area contributed by atoms with Crippen molar-refractivity contribution in [2.45, 2.75) is 6.42 Å². The Morgan fingerprint density at radius 1 is 1.07 bits per heavy atom. The number of hydrogen-bond acceptors (Lipinski definition) is 5. The van der Waals surface area contributed by atoms with Crippen molar-refractivity contribution < 1.29 is 14.3 Å². The first-order valence-corrected chi connectivity index (χ1v) is 8.97. The van der Waals surface area contributed by atoms with Crippen LogP contribution in [0.15, 0.2) is 66.9 Å². The van der Waals surface area contributed by atoms with Gasteiger partial charge < -0.3 is 15.0 Å². The smallest absolute Gasteiger partial charge is 0.339 e. The van der Waals surface area contributed by atoms with Crippen LogP contribution in [0.1, 0.15) is 26.4 Å². The zero-order valence-electron chi connectivity index (χ0n) is 15.4. The number of benzene rings is 2. The van der Waals surface area contributed by atoms with Crippen LogP contribution in [0.4, 0.5) is 17.1 Å². The molecule has 1 N–H and O–H groups in total. The van der Waals surface area contributed by atoms with Gasteiger partial charge in [-0.3, -0.25) is 9.78 Å². The zero-order valence-corrected chi connectivity index (χ0v) is 15.4. The van der Waals surface area contributed by atoms with Crippen molar-refractivity contribution in [2.24, 2.45) is 0 Å². The minimum atomic E-state index is -0.429. The van der Waals surface area contributed by atoms with Crippen LogP contribution in [0.2, 0.25) is 0 Å². The molecule has 1 amide bonds. The van der Waals surface area contributed by atoms with Crippen LogP contribution >= 0.6 is 0 Å². The molecule has 0 spiro atoms. The Morgan fingerprint density at radius 2 is 1.86 bits per heavy atom. The van der Waals surface area contributed by atoms with Gasteiger partial charge in [-0.25, -0.2) is 4.79 Å². The maximum atomic E-state index is 13.0. The summed E-state index contributed by atoms with van der Waals surface area (Å²) in [5.41, 5.74) is 4.13. The largest absolute Gasteiger partial charge is 0.465 e. The minimum Gasteiger partial charge on any atom is -0.465 e. The Bertz CT molecular complexity index is 1050. The van der Waals surface area contributed by atoms with E-state index in [0.717, 1.165) is 17.7 Å². The summed E-state index contributed by atoms with van der Waals surface area (Å²) >= 11 is 0. The van der Waals surface area contributed by atoms with Crippen molar-refractivity contribution in [1.82, 2.24) is 4.98 Å². The first-order chi connectivity index (χ1) is 13.7. The van der Waals surface area contributed by atoms with Gasteiger partial charge in [-0.15, -0.1) is 0 Å². The van der Waals surface area contributed by atoms with Crippen molar-refractivity contribution in [3.05, 3.63) is 83.7 Å². The van der Waals surface area contributed by atoms with E-state index in [0.29, 0.717) is 29.2 Å². The molecule has 0 fully saturated rings. The Labute approximate surface area is 162 Å². The monoisotopic (exact) mass is 373 g/mol. The zero-order chi connectivity index (χ0) is 19.5. The first kappa shape index (κ1) is 17.7. The van der Waals surface area contributed by atoms with Gasteiger partial charge in [0.2, 0.25) is 0 Å². The number of nitrogens with zero attached hydrogens (tertiary/aromatic N) is 2. The summed E-state index contributed by atoms with van der Waals surface area (Å²) in [4.78, 5) is 31.0. The number of carbonyl (C=O) groups excluding carboxylic acids is 2. The third-order valence-electron chi connectivity index (χ3n) is 4.72. The van der Waals surface area contributed by atoms with Crippen LogP contribution in [0.3, 0.4) is 0 Å². The number of carbonyl (C=O) groups is 2. The first-order valence-electron chi connectivity index (χ1n) is 8.97. The van der Waals surface area contributed by atoms with Crippen molar-refractivity contribution in [3.63, 3.8) is 0 Å². The number of esters is 1. The molecule has 1 aromatic heterocycles. The number of ether oxygens (including phenoxy) is 1. The van der Waals surface area contributed by atoms with Gasteiger partial charge >= 0.3 is 5.97 Å². The molecule has 0 unspecified atom stereocenters. The summed E-state index contributed by atoms with van der Waals surface area (Å²) in [6, 6.07) is 18.4. The molecule has 28 heavy (non-hydrogen) atoms. The molecule has 0 aliphatic carbocycles. The van der Waals surface area contributed by atoms with Gasteiger partial charge in [0.25, 0.3) is 5.91 Å². The molecule has 0 saturated heterocycles. The molecule has 0 bridgehead atoms. The number of nitrogens with one attached hydrogen (secondary N) is 1. The molecule has 4 rings (SSSR count). The predicted octanol–water partition coefficient (Wildman–Crippen LogP) is 3.81. The summed E-state index contributed by atoms with van der Waals surface area (Å²) in [6.07, 6.45) is 2.42. The third-order valence-corrected chi connectivity index (χ3v) is 4.72. The van der Waals surface area contributed by atoms with Crippen molar-refractivity contribution >= 4 is 28.9 Å². The average Bonchev–Trinajstić information content (AvgIpc) is 3.17. The molecule has 1 aliphatic rings. The number of rotatable bonds is 4. The van der Waals surface area contributed by atoms with E-state index in [1.54, 1.807) is 41.4 Å². The lowest BCUT2D eigenvalue weighted by atomic mass is 10.1. The number of aromatic nitrogens is 1. The van der Waals surface area contributed by atoms with E-state index < -0.39 is 5.97 Å². The van der Waals surface area contributed by atoms with Crippen molar-refractivity contribution in [2.75, 3.05) is 23.9 Å². The topological polar surface area (TPSA) is 71.5 Å². The number of amides is 1. The number of hydrogen-bond donors (Lipinski definition) is 1. The molecule has 0 atom stereocenters. The van der Waals surface area contributed by atoms with Crippen LogP contribution in [0.25, 0.3) is 0 Å².